The standard InChI is InChI=1S/C25H25F4N5O/c1-24(2,3)23-31-12-15(13-32-23)22(35)34-21-16(20-17(26)4-5-18(27)33-20)8-11-30-19(21)14-6-9-25(28,29)10-7-14/h4-5,8,11-14H,6-7,9-10H2,1-3H3,(H,34,35). The van der Waals surface area contributed by atoms with E-state index in [0.717, 1.165) is 12.1 Å². The number of amides is 1. The molecular weight excluding hydrogens is 462 g/mol. The molecule has 0 radical (unpaired) electrons. The predicted octanol–water partition coefficient (Wildman–Crippen LogP) is 6.05. The van der Waals surface area contributed by atoms with E-state index in [0.29, 0.717) is 11.5 Å². The van der Waals surface area contributed by atoms with E-state index in [4.69, 9.17) is 0 Å². The largest absolute Gasteiger partial charge is 0.320 e. The molecular formula is C25H25F4N5O. The molecule has 1 fully saturated rings. The Hall–Kier alpha value is -3.43. The van der Waals surface area contributed by atoms with Gasteiger partial charge in [-0.3, -0.25) is 9.78 Å². The van der Waals surface area contributed by atoms with Crippen LogP contribution in [0.5, 0.6) is 0 Å². The number of hydrogen-bond donors (Lipinski definition) is 1. The van der Waals surface area contributed by atoms with Crippen molar-refractivity contribution < 1.29 is 22.4 Å². The number of nitrogens with zero attached hydrogens (tertiary/aromatic N) is 4. The first-order valence-corrected chi connectivity index (χ1v) is 11.3. The van der Waals surface area contributed by atoms with E-state index in [-0.39, 0.29) is 53.6 Å². The molecule has 0 spiro atoms. The van der Waals surface area contributed by atoms with Crippen LogP contribution in [-0.4, -0.2) is 31.8 Å². The van der Waals surface area contributed by atoms with Gasteiger partial charge in [0.1, 0.15) is 17.3 Å². The van der Waals surface area contributed by atoms with Crippen LogP contribution in [0.25, 0.3) is 11.3 Å². The summed E-state index contributed by atoms with van der Waals surface area (Å²) in [6, 6.07) is 3.22. The van der Waals surface area contributed by atoms with Crippen LogP contribution in [0.1, 0.15) is 74.2 Å². The van der Waals surface area contributed by atoms with E-state index in [1.54, 1.807) is 0 Å². The van der Waals surface area contributed by atoms with E-state index in [9.17, 15) is 22.4 Å². The first-order valence-electron chi connectivity index (χ1n) is 11.3. The third kappa shape index (κ3) is 5.47. The summed E-state index contributed by atoms with van der Waals surface area (Å²) >= 11 is 0. The van der Waals surface area contributed by atoms with Crippen LogP contribution in [0.2, 0.25) is 0 Å². The van der Waals surface area contributed by atoms with Crippen LogP contribution in [0.3, 0.4) is 0 Å². The van der Waals surface area contributed by atoms with Gasteiger partial charge >= 0.3 is 0 Å². The fraction of sp³-hybridized carbons (Fsp3) is 0.400. The number of anilines is 1. The monoisotopic (exact) mass is 487 g/mol. The molecule has 1 aliphatic rings. The summed E-state index contributed by atoms with van der Waals surface area (Å²) in [5.41, 5.74) is 0.0343. The van der Waals surface area contributed by atoms with Gasteiger partial charge < -0.3 is 5.32 Å². The number of rotatable bonds is 4. The van der Waals surface area contributed by atoms with Crippen molar-refractivity contribution in [3.05, 3.63) is 65.6 Å². The van der Waals surface area contributed by atoms with Gasteiger partial charge in [-0.1, -0.05) is 20.8 Å². The highest BCUT2D eigenvalue weighted by Gasteiger charge is 2.37. The summed E-state index contributed by atoms with van der Waals surface area (Å²) in [5.74, 6) is -4.92. The molecule has 0 unspecified atom stereocenters. The summed E-state index contributed by atoms with van der Waals surface area (Å²) in [5, 5.41) is 2.72. The number of halogens is 4. The van der Waals surface area contributed by atoms with Crippen molar-refractivity contribution in [3.8, 4) is 11.3 Å². The molecule has 0 atom stereocenters. The number of aromatic nitrogens is 4. The van der Waals surface area contributed by atoms with Gasteiger partial charge in [0.2, 0.25) is 11.9 Å². The minimum absolute atomic E-state index is 0.101. The molecule has 184 valence electrons. The SMILES string of the molecule is CC(C)(C)c1ncc(C(=O)Nc2c(-c3nc(F)ccc3F)ccnc2C2CCC(F)(F)CC2)cn1. The molecule has 35 heavy (non-hydrogen) atoms. The third-order valence-corrected chi connectivity index (χ3v) is 5.97. The second-order valence-corrected chi connectivity index (χ2v) is 9.71. The second kappa shape index (κ2) is 9.31. The van der Waals surface area contributed by atoms with Crippen molar-refractivity contribution in [2.45, 2.75) is 63.7 Å². The van der Waals surface area contributed by atoms with E-state index >= 15 is 0 Å². The molecule has 0 aliphatic heterocycles. The molecule has 3 aromatic heterocycles. The van der Waals surface area contributed by atoms with Gasteiger partial charge in [0.05, 0.1) is 16.9 Å². The van der Waals surface area contributed by atoms with E-state index in [1.165, 1.54) is 24.7 Å². The molecule has 3 aromatic rings. The molecule has 6 nitrogen and oxygen atoms in total. The maximum Gasteiger partial charge on any atom is 0.258 e. The van der Waals surface area contributed by atoms with Crippen molar-refractivity contribution >= 4 is 11.6 Å². The highest BCUT2D eigenvalue weighted by molar-refractivity contribution is 6.06. The summed E-state index contributed by atoms with van der Waals surface area (Å²) in [6.45, 7) is 5.81. The van der Waals surface area contributed by atoms with Crippen molar-refractivity contribution in [1.82, 2.24) is 19.9 Å². The fourth-order valence-corrected chi connectivity index (χ4v) is 4.06. The van der Waals surface area contributed by atoms with Gasteiger partial charge in [0.15, 0.2) is 0 Å². The van der Waals surface area contributed by atoms with Crippen LogP contribution in [0.4, 0.5) is 23.2 Å². The minimum atomic E-state index is -2.76. The maximum absolute atomic E-state index is 14.6. The first-order chi connectivity index (χ1) is 16.4. The highest BCUT2D eigenvalue weighted by Crippen LogP contribution is 2.44. The zero-order valence-corrected chi connectivity index (χ0v) is 19.6. The summed E-state index contributed by atoms with van der Waals surface area (Å²) in [4.78, 5) is 29.6. The normalized spacial score (nSPS) is 16.2. The molecule has 0 saturated heterocycles. The van der Waals surface area contributed by atoms with Gasteiger partial charge in [0, 0.05) is 48.3 Å². The smallest absolute Gasteiger partial charge is 0.258 e. The van der Waals surface area contributed by atoms with Gasteiger partial charge in [-0.2, -0.15) is 4.39 Å². The lowest BCUT2D eigenvalue weighted by Crippen LogP contribution is -2.25. The fourth-order valence-electron chi connectivity index (χ4n) is 4.06. The molecule has 1 saturated carbocycles. The highest BCUT2D eigenvalue weighted by atomic mass is 19.3. The quantitative estimate of drug-likeness (QED) is 0.358. The number of carbonyl (C=O) groups is 1. The Bertz CT molecular complexity index is 1230. The van der Waals surface area contributed by atoms with Crippen LogP contribution in [0, 0.1) is 11.8 Å². The van der Waals surface area contributed by atoms with Crippen molar-refractivity contribution in [1.29, 1.82) is 0 Å². The molecule has 1 aliphatic carbocycles. The number of alkyl halides is 2. The lowest BCUT2D eigenvalue weighted by molar-refractivity contribution is -0.0384. The molecule has 1 amide bonds. The van der Waals surface area contributed by atoms with Gasteiger partial charge in [0.25, 0.3) is 5.91 Å². The first kappa shape index (κ1) is 24.7. The molecule has 1 N–H and O–H groups in total. The van der Waals surface area contributed by atoms with E-state index < -0.39 is 29.5 Å². The van der Waals surface area contributed by atoms with Gasteiger partial charge in [-0.05, 0) is 31.0 Å². The van der Waals surface area contributed by atoms with Crippen molar-refractivity contribution in [2.75, 3.05) is 5.32 Å². The van der Waals surface area contributed by atoms with Gasteiger partial charge in [-0.15, -0.1) is 0 Å². The maximum atomic E-state index is 14.6. The minimum Gasteiger partial charge on any atom is -0.320 e. The number of hydrogen-bond acceptors (Lipinski definition) is 5. The molecule has 3 heterocycles. The molecule has 10 heteroatoms. The van der Waals surface area contributed by atoms with Crippen LogP contribution < -0.4 is 5.32 Å². The van der Waals surface area contributed by atoms with Gasteiger partial charge in [-0.25, -0.2) is 28.1 Å². The van der Waals surface area contributed by atoms with Crippen LogP contribution in [0.15, 0.2) is 36.8 Å². The average molecular weight is 488 g/mol. The van der Waals surface area contributed by atoms with E-state index in [1.807, 2.05) is 20.8 Å². The summed E-state index contributed by atoms with van der Waals surface area (Å²) in [6.07, 6.45) is 3.74. The lowest BCUT2D eigenvalue weighted by Gasteiger charge is -2.29. The number of nitrogens with one attached hydrogen (secondary N) is 1. The van der Waals surface area contributed by atoms with Crippen LogP contribution >= 0.6 is 0 Å². The summed E-state index contributed by atoms with van der Waals surface area (Å²) in [7, 11) is 0. The Morgan fingerprint density at radius 1 is 1.03 bits per heavy atom. The lowest BCUT2D eigenvalue weighted by atomic mass is 9.83. The summed E-state index contributed by atoms with van der Waals surface area (Å²) < 4.78 is 56.1. The Balaban J connectivity index is 1.75. The number of pyridine rings is 2. The Morgan fingerprint density at radius 2 is 1.69 bits per heavy atom. The molecule has 4 rings (SSSR count). The Labute approximate surface area is 200 Å². The second-order valence-electron chi connectivity index (χ2n) is 9.71. The van der Waals surface area contributed by atoms with E-state index in [2.05, 4.69) is 25.3 Å². The predicted molar refractivity (Wildman–Crippen MR) is 122 cm³/mol. The zero-order chi connectivity index (χ0) is 25.4. The number of carbonyl (C=O) groups excluding carboxylic acids is 1. The van der Waals surface area contributed by atoms with Crippen molar-refractivity contribution in [2.24, 2.45) is 0 Å². The zero-order valence-electron chi connectivity index (χ0n) is 19.6. The Kier molecular flexibility index (Phi) is 6.57. The van der Waals surface area contributed by atoms with Crippen LogP contribution in [-0.2, 0) is 5.41 Å². The molecule has 0 aromatic carbocycles. The molecule has 0 bridgehead atoms. The Morgan fingerprint density at radius 3 is 2.31 bits per heavy atom. The third-order valence-electron chi connectivity index (χ3n) is 5.97. The van der Waals surface area contributed by atoms with Crippen molar-refractivity contribution in [3.63, 3.8) is 0 Å². The topological polar surface area (TPSA) is 80.7 Å². The average Bonchev–Trinajstić information content (AvgIpc) is 2.80.